The molecule has 0 radical (unpaired) electrons. The van der Waals surface area contributed by atoms with E-state index in [-0.39, 0.29) is 74.3 Å². The topological polar surface area (TPSA) is 292 Å². The zero-order chi connectivity index (χ0) is 56.6. The van der Waals surface area contributed by atoms with Gasteiger partial charge in [0.1, 0.15) is 48.7 Å². The Kier molecular flexibility index (Phi) is 25.3. The molecule has 9 N–H and O–H groups in total. The maximum Gasteiger partial charge on any atom is 0.408 e. The summed E-state index contributed by atoms with van der Waals surface area (Å²) in [6, 6.07) is 6.99. The molecule has 7 amide bonds. The molecule has 0 heterocycles. The second-order valence-corrected chi connectivity index (χ2v) is 21.2. The number of nitrogens with two attached hydrogens (primary N) is 1. The normalized spacial score (nSPS) is 17.1. The summed E-state index contributed by atoms with van der Waals surface area (Å²) < 4.78 is 23.5. The summed E-state index contributed by atoms with van der Waals surface area (Å²) in [6.45, 7) is 12.4. The highest BCUT2D eigenvalue weighted by Gasteiger charge is 2.35. The third kappa shape index (κ3) is 21.7. The third-order valence-electron chi connectivity index (χ3n) is 14.3. The van der Waals surface area contributed by atoms with Gasteiger partial charge in [-0.15, -0.1) is 0 Å². The van der Waals surface area contributed by atoms with Crippen molar-refractivity contribution in [2.45, 2.75) is 204 Å². The zero-order valence-electron chi connectivity index (χ0n) is 45.7. The molecule has 3 fully saturated rings. The van der Waals surface area contributed by atoms with Gasteiger partial charge in [-0.2, -0.15) is 0 Å². The molecule has 5 rings (SSSR count). The van der Waals surface area contributed by atoms with E-state index in [0.717, 1.165) is 83.5 Å². The summed E-state index contributed by atoms with van der Waals surface area (Å²) in [6.07, 6.45) is 11.1. The van der Waals surface area contributed by atoms with Gasteiger partial charge < -0.3 is 61.7 Å². The average Bonchev–Trinajstić information content (AvgIpc) is 3.41. The van der Waals surface area contributed by atoms with Gasteiger partial charge in [-0.25, -0.2) is 4.79 Å². The first-order valence-corrected chi connectivity index (χ1v) is 27.7. The van der Waals surface area contributed by atoms with Gasteiger partial charge in [0.2, 0.25) is 35.4 Å². The second-order valence-electron chi connectivity index (χ2n) is 21.2. The van der Waals surface area contributed by atoms with Crippen LogP contribution in [0.5, 0.6) is 5.75 Å². The fourth-order valence-corrected chi connectivity index (χ4v) is 9.83. The largest absolute Gasteiger partial charge is 0.508 e. The Hall–Kier alpha value is -7.12. The van der Waals surface area contributed by atoms with E-state index in [2.05, 4.69) is 45.1 Å². The molecule has 3 aliphatic rings. The number of nitrogens with one attached hydrogen (secondary N) is 6. The number of phenols is 1. The smallest absolute Gasteiger partial charge is 0.408 e. The first kappa shape index (κ1) is 61.7. The molecular formula is C58H83N7O13. The van der Waals surface area contributed by atoms with Gasteiger partial charge in [0.15, 0.2) is 0 Å². The predicted octanol–water partition coefficient (Wildman–Crippen LogP) is 5.90. The Bertz CT molecular complexity index is 2360. The van der Waals surface area contributed by atoms with E-state index in [4.69, 9.17) is 24.7 Å². The quantitative estimate of drug-likeness (QED) is 0.0348. The lowest BCUT2D eigenvalue weighted by Crippen LogP contribution is -2.59. The Morgan fingerprint density at radius 2 is 1.14 bits per heavy atom. The predicted molar refractivity (Wildman–Crippen MR) is 290 cm³/mol. The summed E-state index contributed by atoms with van der Waals surface area (Å²) >= 11 is 0. The molecule has 0 aliphatic heterocycles. The first-order valence-electron chi connectivity index (χ1n) is 27.7. The van der Waals surface area contributed by atoms with Gasteiger partial charge in [0, 0.05) is 25.7 Å². The number of esters is 1. The second kappa shape index (κ2) is 31.9. The van der Waals surface area contributed by atoms with Gasteiger partial charge >= 0.3 is 12.1 Å². The molecule has 0 aromatic heterocycles. The van der Waals surface area contributed by atoms with Crippen LogP contribution in [-0.2, 0) is 65.5 Å². The maximum atomic E-state index is 14.6. The number of ether oxygens (including phenoxy) is 4. The molecular weight excluding hydrogens is 1000 g/mol. The molecule has 0 spiro atoms. The average molecular weight is 1090 g/mol. The van der Waals surface area contributed by atoms with Crippen molar-refractivity contribution < 1.29 is 62.4 Å². The molecule has 0 unspecified atom stereocenters. The van der Waals surface area contributed by atoms with Gasteiger partial charge in [0.25, 0.3) is 0 Å². The molecule has 0 bridgehead atoms. The van der Waals surface area contributed by atoms with E-state index in [1.54, 1.807) is 57.2 Å². The fourth-order valence-electron chi connectivity index (χ4n) is 9.83. The molecule has 20 nitrogen and oxygen atoms in total. The lowest BCUT2D eigenvalue weighted by Gasteiger charge is -2.29. The van der Waals surface area contributed by atoms with Crippen molar-refractivity contribution in [3.05, 3.63) is 89.9 Å². The number of aryl methyl sites for hydroxylation is 1. The minimum atomic E-state index is -1.45. The van der Waals surface area contributed by atoms with E-state index >= 15 is 0 Å². The molecule has 5 atom stereocenters. The summed E-state index contributed by atoms with van der Waals surface area (Å²) in [5.41, 5.74) is 7.52. The molecule has 2 aromatic carbocycles. The van der Waals surface area contributed by atoms with Crippen molar-refractivity contribution >= 4 is 47.5 Å². The van der Waals surface area contributed by atoms with Crippen LogP contribution in [0, 0.1) is 12.8 Å². The number of rotatable bonds is 29. The number of alkyl carbamates (subject to hydrolysis) is 1. The lowest BCUT2D eigenvalue weighted by atomic mass is 9.97. The van der Waals surface area contributed by atoms with Gasteiger partial charge in [0.05, 0.1) is 30.3 Å². The van der Waals surface area contributed by atoms with Crippen molar-refractivity contribution in [1.82, 2.24) is 31.9 Å². The first-order chi connectivity index (χ1) is 37.3. The van der Waals surface area contributed by atoms with E-state index in [9.17, 15) is 43.5 Å². The Morgan fingerprint density at radius 1 is 0.615 bits per heavy atom. The molecule has 20 heteroatoms. The van der Waals surface area contributed by atoms with E-state index in [1.165, 1.54) is 6.07 Å². The maximum absolute atomic E-state index is 14.6. The molecule has 2 aromatic rings. The number of primary amides is 1. The van der Waals surface area contributed by atoms with Crippen molar-refractivity contribution in [3.63, 3.8) is 0 Å². The fraction of sp³-hybridized carbons (Fsp3) is 0.586. The van der Waals surface area contributed by atoms with Crippen LogP contribution in [0.25, 0.3) is 0 Å². The number of hydrogen-bond donors (Lipinski definition) is 8. The van der Waals surface area contributed by atoms with Gasteiger partial charge in [-0.05, 0) is 119 Å². The standard InChI is InChI=1S/C58H83N7O13/c1-36(2)52(57(73)63-47(31-38(4)76-42-20-12-7-13-21-42)54(70)60-34-50(67)61-46(53(59)69)33-41-26-28-49(66)37(3)30-41)65-55(71)45(27-29-51(68)78-44-24-16-9-17-25-44)62-56(72)48(32-39(5)77-43-22-14-8-15-23-43)64-58(74)75-35-40-18-10-6-11-19-40/h6,10-11,18-19,26,28,30,36,42-48,52,66H,4-5,7-9,12-17,20-25,27,29,31-35H2,1-3H3,(H2,59,69)(H,60,70)(H,61,67)(H,62,72)(H,63,73)(H,64,74)(H,65,71)/t45-,46-,47-,48-,52-/m0/s1. The number of phenolic OH excluding ortho intramolecular Hbond substituents is 1. The van der Waals surface area contributed by atoms with Crippen molar-refractivity contribution in [2.24, 2.45) is 11.7 Å². The van der Waals surface area contributed by atoms with Crippen LogP contribution < -0.4 is 37.6 Å². The molecule has 0 saturated heterocycles. The summed E-state index contributed by atoms with van der Waals surface area (Å²) in [7, 11) is 0. The molecule has 3 aliphatic carbocycles. The summed E-state index contributed by atoms with van der Waals surface area (Å²) in [5, 5.41) is 25.8. The Morgan fingerprint density at radius 3 is 1.68 bits per heavy atom. The number of carbonyl (C=O) groups excluding carboxylic acids is 8. The number of amides is 7. The Balaban J connectivity index is 1.32. The number of benzene rings is 2. The van der Waals surface area contributed by atoms with Crippen LogP contribution in [0.15, 0.2) is 73.2 Å². The minimum Gasteiger partial charge on any atom is -0.508 e. The highest BCUT2D eigenvalue weighted by molar-refractivity contribution is 5.96. The van der Waals surface area contributed by atoms with Crippen molar-refractivity contribution in [3.8, 4) is 5.75 Å². The molecule has 428 valence electrons. The van der Waals surface area contributed by atoms with Crippen molar-refractivity contribution in [1.29, 1.82) is 0 Å². The van der Waals surface area contributed by atoms with Gasteiger partial charge in [-0.1, -0.05) is 88.7 Å². The zero-order valence-corrected chi connectivity index (χ0v) is 45.7. The van der Waals surface area contributed by atoms with E-state index < -0.39 is 90.2 Å². The summed E-state index contributed by atoms with van der Waals surface area (Å²) in [4.78, 5) is 110. The SMILES string of the molecule is C=C(C[C@H](NC(=O)OCc1ccccc1)C(=O)N[C@@H](CCC(=O)OC1CCCCC1)C(=O)N[C@H](C(=O)N[C@@H](CC(=C)OC1CCCCC1)C(=O)NCC(=O)N[C@@H](Cc1ccc(O)c(C)c1)C(N)=O)C(C)C)OC1CCCCC1. The van der Waals surface area contributed by atoms with Crippen LogP contribution in [0.4, 0.5) is 4.79 Å². The van der Waals surface area contributed by atoms with Crippen LogP contribution in [0.3, 0.4) is 0 Å². The molecule has 3 saturated carbocycles. The molecule has 78 heavy (non-hydrogen) atoms. The third-order valence-corrected chi connectivity index (χ3v) is 14.3. The number of carbonyl (C=O) groups is 8. The Labute approximate surface area is 458 Å². The van der Waals surface area contributed by atoms with Crippen LogP contribution in [-0.4, -0.2) is 108 Å². The minimum absolute atomic E-state index is 0.0109. The van der Waals surface area contributed by atoms with Crippen LogP contribution in [0.2, 0.25) is 0 Å². The monoisotopic (exact) mass is 1090 g/mol. The highest BCUT2D eigenvalue weighted by Crippen LogP contribution is 2.26. The number of hydrogen-bond acceptors (Lipinski definition) is 13. The van der Waals surface area contributed by atoms with E-state index in [1.807, 2.05) is 6.07 Å². The lowest BCUT2D eigenvalue weighted by molar-refractivity contribution is -0.151. The van der Waals surface area contributed by atoms with E-state index in [0.29, 0.717) is 29.5 Å². The van der Waals surface area contributed by atoms with Crippen molar-refractivity contribution in [2.75, 3.05) is 6.54 Å². The van der Waals surface area contributed by atoms with Gasteiger partial charge in [-0.3, -0.25) is 33.6 Å². The summed E-state index contributed by atoms with van der Waals surface area (Å²) in [5.74, 6) is -5.54. The van der Waals surface area contributed by atoms with Crippen LogP contribution >= 0.6 is 0 Å². The number of aromatic hydroxyl groups is 1. The van der Waals surface area contributed by atoms with Crippen LogP contribution in [0.1, 0.15) is 153 Å². The highest BCUT2D eigenvalue weighted by atomic mass is 16.6.